The van der Waals surface area contributed by atoms with E-state index in [2.05, 4.69) is 25.8 Å². The van der Waals surface area contributed by atoms with Crippen LogP contribution < -0.4 is 10.6 Å². The minimum atomic E-state index is -0.913. The predicted molar refractivity (Wildman–Crippen MR) is 104 cm³/mol. The smallest absolute Gasteiger partial charge is 0.191 e. The van der Waals surface area contributed by atoms with Crippen molar-refractivity contribution in [2.45, 2.75) is 12.3 Å². The van der Waals surface area contributed by atoms with Crippen molar-refractivity contribution in [3.63, 3.8) is 0 Å². The van der Waals surface area contributed by atoms with Crippen LogP contribution in [0.25, 0.3) is 5.65 Å². The maximum Gasteiger partial charge on any atom is 0.191 e. The number of nitrogens with zero attached hydrogens (tertiary/aromatic N) is 4. The van der Waals surface area contributed by atoms with Crippen LogP contribution >= 0.6 is 0 Å². The third-order valence-electron chi connectivity index (χ3n) is 3.81. The Balaban J connectivity index is 1.44. The van der Waals surface area contributed by atoms with Gasteiger partial charge < -0.3 is 10.6 Å². The minimum absolute atomic E-state index is 0.498. The summed E-state index contributed by atoms with van der Waals surface area (Å²) in [5.74, 6) is 2.58. The molecule has 0 amide bonds. The van der Waals surface area contributed by atoms with Crippen molar-refractivity contribution >= 4 is 22.4 Å². The zero-order chi connectivity index (χ0) is 18.2. The van der Waals surface area contributed by atoms with E-state index in [1.54, 1.807) is 7.05 Å². The van der Waals surface area contributed by atoms with Gasteiger partial charge in [-0.2, -0.15) is 0 Å². The number of hydrogen-bond donors (Lipinski definition) is 2. The predicted octanol–water partition coefficient (Wildman–Crippen LogP) is 1.34. The monoisotopic (exact) mass is 370 g/mol. The Hall–Kier alpha value is -2.74. The molecule has 7 nitrogen and oxygen atoms in total. The molecule has 3 rings (SSSR count). The first kappa shape index (κ1) is 18.1. The first-order valence-corrected chi connectivity index (χ1v) is 9.87. The standard InChI is InChI=1S/C18H22N6OS/c1-19-18(20-10-12-26(25)14-15-7-3-2-4-8-15)21-13-17-23-22-16-9-5-6-11-24(16)17/h2-9,11H,10,12-14H2,1H3,(H2,19,20,21). The maximum absolute atomic E-state index is 12.2. The fraction of sp³-hybridized carbons (Fsp3) is 0.278. The third kappa shape index (κ3) is 4.89. The van der Waals surface area contributed by atoms with E-state index in [0.29, 0.717) is 30.6 Å². The first-order chi connectivity index (χ1) is 12.8. The van der Waals surface area contributed by atoms with E-state index < -0.39 is 10.8 Å². The fourth-order valence-electron chi connectivity index (χ4n) is 2.51. The van der Waals surface area contributed by atoms with Gasteiger partial charge in [0.25, 0.3) is 0 Å². The quantitative estimate of drug-likeness (QED) is 0.484. The van der Waals surface area contributed by atoms with Crippen LogP contribution in [0.3, 0.4) is 0 Å². The number of hydrogen-bond acceptors (Lipinski definition) is 4. The summed E-state index contributed by atoms with van der Waals surface area (Å²) in [4.78, 5) is 4.19. The largest absolute Gasteiger partial charge is 0.355 e. The van der Waals surface area contributed by atoms with E-state index >= 15 is 0 Å². The molecule has 0 saturated heterocycles. The molecule has 8 heteroatoms. The molecule has 0 aliphatic carbocycles. The summed E-state index contributed by atoms with van der Waals surface area (Å²) in [6.07, 6.45) is 1.93. The van der Waals surface area contributed by atoms with Crippen molar-refractivity contribution < 1.29 is 4.21 Å². The van der Waals surface area contributed by atoms with Crippen LogP contribution in [-0.4, -0.2) is 44.1 Å². The molecular formula is C18H22N6OS. The van der Waals surface area contributed by atoms with Crippen molar-refractivity contribution in [2.24, 2.45) is 4.99 Å². The molecule has 0 spiro atoms. The minimum Gasteiger partial charge on any atom is -0.355 e. The molecule has 0 aliphatic heterocycles. The van der Waals surface area contributed by atoms with Gasteiger partial charge in [-0.1, -0.05) is 36.4 Å². The molecule has 0 saturated carbocycles. The molecule has 0 bridgehead atoms. The SMILES string of the molecule is CN=C(NCCS(=O)Cc1ccccc1)NCc1nnc2ccccn12. The maximum atomic E-state index is 12.2. The second-order valence-electron chi connectivity index (χ2n) is 5.67. The van der Waals surface area contributed by atoms with Gasteiger partial charge >= 0.3 is 0 Å². The van der Waals surface area contributed by atoms with E-state index in [0.717, 1.165) is 17.0 Å². The number of rotatable bonds is 7. The number of aliphatic imine (C=N–C) groups is 1. The van der Waals surface area contributed by atoms with Crippen molar-refractivity contribution in [3.05, 3.63) is 66.1 Å². The molecule has 26 heavy (non-hydrogen) atoms. The number of benzene rings is 1. The fourth-order valence-corrected chi connectivity index (χ4v) is 3.55. The van der Waals surface area contributed by atoms with E-state index in [9.17, 15) is 4.21 Å². The number of aromatic nitrogens is 3. The molecule has 0 radical (unpaired) electrons. The lowest BCUT2D eigenvalue weighted by atomic mass is 10.2. The number of nitrogens with one attached hydrogen (secondary N) is 2. The van der Waals surface area contributed by atoms with Crippen LogP contribution in [0.2, 0.25) is 0 Å². The normalized spacial score (nSPS) is 12.9. The highest BCUT2D eigenvalue weighted by Gasteiger charge is 2.06. The highest BCUT2D eigenvalue weighted by molar-refractivity contribution is 7.84. The van der Waals surface area contributed by atoms with Gasteiger partial charge in [0, 0.05) is 42.1 Å². The zero-order valence-corrected chi connectivity index (χ0v) is 15.4. The van der Waals surface area contributed by atoms with Crippen LogP contribution in [0.5, 0.6) is 0 Å². The van der Waals surface area contributed by atoms with Gasteiger partial charge in [-0.3, -0.25) is 13.6 Å². The summed E-state index contributed by atoms with van der Waals surface area (Å²) in [6, 6.07) is 15.7. The van der Waals surface area contributed by atoms with Crippen LogP contribution in [-0.2, 0) is 23.1 Å². The van der Waals surface area contributed by atoms with Gasteiger partial charge in [0.1, 0.15) is 0 Å². The van der Waals surface area contributed by atoms with Gasteiger partial charge in [0.05, 0.1) is 6.54 Å². The first-order valence-electron chi connectivity index (χ1n) is 8.38. The summed E-state index contributed by atoms with van der Waals surface area (Å²) in [6.45, 7) is 1.08. The van der Waals surface area contributed by atoms with Crippen molar-refractivity contribution in [3.8, 4) is 0 Å². The second kappa shape index (κ2) is 9.10. The van der Waals surface area contributed by atoms with E-state index in [-0.39, 0.29) is 0 Å². The second-order valence-corrected chi connectivity index (χ2v) is 7.25. The van der Waals surface area contributed by atoms with Crippen LogP contribution in [0.4, 0.5) is 0 Å². The van der Waals surface area contributed by atoms with Crippen LogP contribution in [0.15, 0.2) is 59.7 Å². The molecule has 2 heterocycles. The van der Waals surface area contributed by atoms with Crippen LogP contribution in [0, 0.1) is 0 Å². The Morgan fingerprint density at radius 3 is 2.73 bits per heavy atom. The summed E-state index contributed by atoms with van der Waals surface area (Å²) >= 11 is 0. The molecular weight excluding hydrogens is 348 g/mol. The zero-order valence-electron chi connectivity index (χ0n) is 14.6. The third-order valence-corrected chi connectivity index (χ3v) is 5.13. The van der Waals surface area contributed by atoms with Gasteiger partial charge in [-0.15, -0.1) is 10.2 Å². The Morgan fingerprint density at radius 1 is 1.12 bits per heavy atom. The Bertz CT molecular complexity index is 893. The number of fused-ring (bicyclic) bond motifs is 1. The molecule has 136 valence electrons. The van der Waals surface area contributed by atoms with Gasteiger partial charge in [0.2, 0.25) is 0 Å². The molecule has 0 aliphatic rings. The Kier molecular flexibility index (Phi) is 6.32. The van der Waals surface area contributed by atoms with E-state index in [4.69, 9.17) is 0 Å². The molecule has 1 atom stereocenters. The molecule has 1 aromatic carbocycles. The van der Waals surface area contributed by atoms with Crippen molar-refractivity contribution in [1.29, 1.82) is 0 Å². The van der Waals surface area contributed by atoms with E-state index in [1.165, 1.54) is 0 Å². The van der Waals surface area contributed by atoms with Gasteiger partial charge in [0.15, 0.2) is 17.4 Å². The average molecular weight is 370 g/mol. The van der Waals surface area contributed by atoms with Gasteiger partial charge in [-0.25, -0.2) is 0 Å². The highest BCUT2D eigenvalue weighted by Crippen LogP contribution is 2.03. The summed E-state index contributed by atoms with van der Waals surface area (Å²) in [5, 5.41) is 14.7. The average Bonchev–Trinajstić information content (AvgIpc) is 3.08. The molecule has 2 aromatic heterocycles. The summed E-state index contributed by atoms with van der Waals surface area (Å²) < 4.78 is 14.1. The lowest BCUT2D eigenvalue weighted by molar-refractivity contribution is 0.680. The summed E-state index contributed by atoms with van der Waals surface area (Å²) in [7, 11) is 0.793. The number of guanidine groups is 1. The lowest BCUT2D eigenvalue weighted by Gasteiger charge is -2.11. The Labute approximate surface area is 155 Å². The molecule has 2 N–H and O–H groups in total. The van der Waals surface area contributed by atoms with E-state index in [1.807, 2.05) is 59.1 Å². The molecule has 3 aromatic rings. The highest BCUT2D eigenvalue weighted by atomic mass is 32.2. The van der Waals surface area contributed by atoms with Crippen LogP contribution in [0.1, 0.15) is 11.4 Å². The van der Waals surface area contributed by atoms with Crippen molar-refractivity contribution in [2.75, 3.05) is 19.3 Å². The number of pyridine rings is 1. The Morgan fingerprint density at radius 2 is 1.92 bits per heavy atom. The van der Waals surface area contributed by atoms with Gasteiger partial charge in [-0.05, 0) is 17.7 Å². The topological polar surface area (TPSA) is 83.7 Å². The lowest BCUT2D eigenvalue weighted by Crippen LogP contribution is -2.39. The molecule has 1 unspecified atom stereocenters. The summed E-state index contributed by atoms with van der Waals surface area (Å²) in [5.41, 5.74) is 1.90. The van der Waals surface area contributed by atoms with Crippen molar-refractivity contribution in [1.82, 2.24) is 25.2 Å². The molecule has 0 fully saturated rings.